The van der Waals surface area contributed by atoms with Crippen molar-refractivity contribution in [1.29, 1.82) is 0 Å². The first-order valence-electron chi connectivity index (χ1n) is 5.61. The van der Waals surface area contributed by atoms with Crippen molar-refractivity contribution in [2.24, 2.45) is 5.73 Å². The second kappa shape index (κ2) is 9.02. The molecule has 0 spiro atoms. The number of aryl methyl sites for hydroxylation is 1. The van der Waals surface area contributed by atoms with Crippen LogP contribution in [0.3, 0.4) is 0 Å². The number of esters is 1. The van der Waals surface area contributed by atoms with Crippen molar-refractivity contribution in [3.8, 4) is 0 Å². The smallest absolute Gasteiger partial charge is 0.305 e. The van der Waals surface area contributed by atoms with Crippen LogP contribution in [0.1, 0.15) is 30.4 Å². The summed E-state index contributed by atoms with van der Waals surface area (Å²) in [6.45, 7) is 0.577. The van der Waals surface area contributed by atoms with Gasteiger partial charge in [-0.3, -0.25) is 4.79 Å². The van der Waals surface area contributed by atoms with Crippen molar-refractivity contribution in [2.75, 3.05) is 7.11 Å². The zero-order chi connectivity index (χ0) is 11.8. The number of hydrogen-bond donors (Lipinski definition) is 1. The Morgan fingerprint density at radius 1 is 1.24 bits per heavy atom. The number of halogens is 1. The van der Waals surface area contributed by atoms with E-state index in [0.717, 1.165) is 19.3 Å². The summed E-state index contributed by atoms with van der Waals surface area (Å²) in [5.74, 6) is -0.132. The number of unbranched alkanes of at least 4 members (excludes halogenated alkanes) is 1. The van der Waals surface area contributed by atoms with Gasteiger partial charge in [0.25, 0.3) is 0 Å². The molecule has 1 rings (SSSR count). The van der Waals surface area contributed by atoms with Crippen LogP contribution in [0.2, 0.25) is 0 Å². The van der Waals surface area contributed by atoms with E-state index in [0.29, 0.717) is 13.0 Å². The molecule has 1 aromatic carbocycles. The number of benzene rings is 1. The minimum atomic E-state index is -0.132. The number of carbonyl (C=O) groups is 1. The third-order valence-corrected chi connectivity index (χ3v) is 2.64. The Morgan fingerprint density at radius 2 is 1.88 bits per heavy atom. The zero-order valence-corrected chi connectivity index (χ0v) is 11.0. The highest BCUT2D eigenvalue weighted by atomic mass is 35.5. The van der Waals surface area contributed by atoms with Gasteiger partial charge in [-0.05, 0) is 30.4 Å². The molecule has 0 aromatic heterocycles. The maximum Gasteiger partial charge on any atom is 0.305 e. The van der Waals surface area contributed by atoms with Crippen LogP contribution in [-0.4, -0.2) is 13.1 Å². The second-order valence-electron chi connectivity index (χ2n) is 3.76. The predicted molar refractivity (Wildman–Crippen MR) is 71.2 cm³/mol. The van der Waals surface area contributed by atoms with Crippen molar-refractivity contribution in [1.82, 2.24) is 0 Å². The van der Waals surface area contributed by atoms with Crippen molar-refractivity contribution < 1.29 is 9.53 Å². The highest BCUT2D eigenvalue weighted by molar-refractivity contribution is 5.85. The molecule has 0 aliphatic carbocycles. The summed E-state index contributed by atoms with van der Waals surface area (Å²) in [6, 6.07) is 8.17. The summed E-state index contributed by atoms with van der Waals surface area (Å²) in [5, 5.41) is 0. The van der Waals surface area contributed by atoms with Crippen LogP contribution in [0, 0.1) is 0 Å². The van der Waals surface area contributed by atoms with E-state index in [2.05, 4.69) is 16.9 Å². The topological polar surface area (TPSA) is 52.3 Å². The lowest BCUT2D eigenvalue weighted by Crippen LogP contribution is -2.02. The normalized spacial score (nSPS) is 9.53. The molecule has 0 aliphatic rings. The van der Waals surface area contributed by atoms with E-state index >= 15 is 0 Å². The SMILES string of the molecule is COC(=O)CCCCc1ccccc1CN.Cl. The summed E-state index contributed by atoms with van der Waals surface area (Å²) in [6.07, 6.45) is 3.34. The van der Waals surface area contributed by atoms with Crippen molar-refractivity contribution in [2.45, 2.75) is 32.2 Å². The average Bonchev–Trinajstić information content (AvgIpc) is 2.34. The highest BCUT2D eigenvalue weighted by Crippen LogP contribution is 2.12. The van der Waals surface area contributed by atoms with Crippen LogP contribution in [-0.2, 0) is 22.5 Å². The first-order valence-corrected chi connectivity index (χ1v) is 5.61. The van der Waals surface area contributed by atoms with Gasteiger partial charge in [-0.25, -0.2) is 0 Å². The number of carbonyl (C=O) groups excluding carboxylic acids is 1. The Bertz CT molecular complexity index is 342. The molecule has 0 amide bonds. The predicted octanol–water partition coefficient (Wildman–Crippen LogP) is 2.45. The van der Waals surface area contributed by atoms with E-state index in [4.69, 9.17) is 5.73 Å². The first kappa shape index (κ1) is 15.9. The number of hydrogen-bond acceptors (Lipinski definition) is 3. The van der Waals surface area contributed by atoms with Gasteiger partial charge in [-0.1, -0.05) is 24.3 Å². The van der Waals surface area contributed by atoms with Gasteiger partial charge in [0.15, 0.2) is 0 Å². The molecular formula is C13H20ClNO2. The fourth-order valence-electron chi connectivity index (χ4n) is 1.69. The van der Waals surface area contributed by atoms with Crippen LogP contribution >= 0.6 is 12.4 Å². The molecule has 0 saturated heterocycles. The third kappa shape index (κ3) is 5.71. The maximum atomic E-state index is 10.9. The van der Waals surface area contributed by atoms with Crippen molar-refractivity contribution in [3.63, 3.8) is 0 Å². The molecule has 4 heteroatoms. The van der Waals surface area contributed by atoms with Gasteiger partial charge in [0, 0.05) is 13.0 Å². The minimum absolute atomic E-state index is 0. The number of nitrogens with two attached hydrogens (primary N) is 1. The molecule has 2 N–H and O–H groups in total. The van der Waals surface area contributed by atoms with Gasteiger partial charge < -0.3 is 10.5 Å². The van der Waals surface area contributed by atoms with E-state index in [9.17, 15) is 4.79 Å². The van der Waals surface area contributed by atoms with Crippen molar-refractivity contribution >= 4 is 18.4 Å². The Morgan fingerprint density at radius 3 is 2.47 bits per heavy atom. The number of rotatable bonds is 6. The molecule has 17 heavy (non-hydrogen) atoms. The molecule has 0 heterocycles. The Balaban J connectivity index is 0.00000256. The highest BCUT2D eigenvalue weighted by Gasteiger charge is 2.02. The van der Waals surface area contributed by atoms with Gasteiger partial charge in [-0.2, -0.15) is 0 Å². The lowest BCUT2D eigenvalue weighted by atomic mass is 10.0. The zero-order valence-electron chi connectivity index (χ0n) is 10.1. The third-order valence-electron chi connectivity index (χ3n) is 2.64. The molecule has 1 aromatic rings. The quantitative estimate of drug-likeness (QED) is 0.629. The van der Waals surface area contributed by atoms with Crippen LogP contribution < -0.4 is 5.73 Å². The second-order valence-corrected chi connectivity index (χ2v) is 3.76. The fourth-order valence-corrected chi connectivity index (χ4v) is 1.69. The Labute approximate surface area is 109 Å². The van der Waals surface area contributed by atoms with Crippen molar-refractivity contribution in [3.05, 3.63) is 35.4 Å². The molecule has 0 saturated carbocycles. The lowest BCUT2D eigenvalue weighted by molar-refractivity contribution is -0.140. The van der Waals surface area contributed by atoms with E-state index < -0.39 is 0 Å². The summed E-state index contributed by atoms with van der Waals surface area (Å²) in [5.41, 5.74) is 8.13. The standard InChI is InChI=1S/C13H19NO2.ClH/c1-16-13(15)9-5-4-7-11-6-2-3-8-12(11)10-14;/h2-3,6,8H,4-5,7,9-10,14H2,1H3;1H. The molecule has 0 fully saturated rings. The Hall–Kier alpha value is -1.06. The van der Waals surface area contributed by atoms with Gasteiger partial charge in [-0.15, -0.1) is 12.4 Å². The molecular weight excluding hydrogens is 238 g/mol. The van der Waals surface area contributed by atoms with Crippen LogP contribution in [0.25, 0.3) is 0 Å². The van der Waals surface area contributed by atoms with Gasteiger partial charge in [0.2, 0.25) is 0 Å². The van der Waals surface area contributed by atoms with E-state index in [-0.39, 0.29) is 18.4 Å². The lowest BCUT2D eigenvalue weighted by Gasteiger charge is -2.06. The average molecular weight is 258 g/mol. The molecule has 0 aliphatic heterocycles. The summed E-state index contributed by atoms with van der Waals surface area (Å²) in [4.78, 5) is 10.9. The summed E-state index contributed by atoms with van der Waals surface area (Å²) >= 11 is 0. The molecule has 0 unspecified atom stereocenters. The van der Waals surface area contributed by atoms with Gasteiger partial charge >= 0.3 is 5.97 Å². The van der Waals surface area contributed by atoms with Gasteiger partial charge in [0.05, 0.1) is 7.11 Å². The molecule has 96 valence electrons. The Kier molecular flexibility index (Phi) is 8.46. The van der Waals surface area contributed by atoms with E-state index in [1.54, 1.807) is 0 Å². The summed E-state index contributed by atoms with van der Waals surface area (Å²) < 4.78 is 4.59. The minimum Gasteiger partial charge on any atom is -0.469 e. The van der Waals surface area contributed by atoms with Crippen LogP contribution in [0.4, 0.5) is 0 Å². The van der Waals surface area contributed by atoms with Crippen LogP contribution in [0.15, 0.2) is 24.3 Å². The first-order chi connectivity index (χ1) is 7.77. The summed E-state index contributed by atoms with van der Waals surface area (Å²) in [7, 11) is 1.42. The monoisotopic (exact) mass is 257 g/mol. The van der Waals surface area contributed by atoms with Crippen LogP contribution in [0.5, 0.6) is 0 Å². The number of ether oxygens (including phenoxy) is 1. The number of methoxy groups -OCH3 is 1. The molecule has 0 radical (unpaired) electrons. The molecule has 0 bridgehead atoms. The van der Waals surface area contributed by atoms with E-state index in [1.807, 2.05) is 12.1 Å². The fraction of sp³-hybridized carbons (Fsp3) is 0.462. The van der Waals surface area contributed by atoms with E-state index in [1.165, 1.54) is 18.2 Å². The van der Waals surface area contributed by atoms with Gasteiger partial charge in [0.1, 0.15) is 0 Å². The molecule has 0 atom stereocenters. The maximum absolute atomic E-state index is 10.9. The molecule has 3 nitrogen and oxygen atoms in total. The largest absolute Gasteiger partial charge is 0.469 e.